The van der Waals surface area contributed by atoms with Gasteiger partial charge in [-0.2, -0.15) is 0 Å². The first-order valence-electron chi connectivity index (χ1n) is 8.66. The smallest absolute Gasteiger partial charge is 0.287 e. The van der Waals surface area contributed by atoms with Gasteiger partial charge in [0.15, 0.2) is 5.82 Å². The fourth-order valence-electron chi connectivity index (χ4n) is 3.11. The Labute approximate surface area is 159 Å². The van der Waals surface area contributed by atoms with E-state index in [4.69, 9.17) is 0 Å². The van der Waals surface area contributed by atoms with E-state index in [1.807, 2.05) is 0 Å². The van der Waals surface area contributed by atoms with Gasteiger partial charge in [0.05, 0.1) is 6.04 Å². The Morgan fingerprint density at radius 2 is 1.96 bits per heavy atom. The third kappa shape index (κ3) is 3.62. The molecule has 3 aromatic rings. The number of amides is 2. The van der Waals surface area contributed by atoms with Crippen LogP contribution in [-0.2, 0) is 13.1 Å². The van der Waals surface area contributed by atoms with Gasteiger partial charge in [0, 0.05) is 19.3 Å². The average Bonchev–Trinajstić information content (AvgIpc) is 3.12. The lowest BCUT2D eigenvalue weighted by atomic mass is 10.1. The molecule has 0 aliphatic carbocycles. The number of fused-ring (bicyclic) bond motifs is 1. The minimum atomic E-state index is -0.461. The summed E-state index contributed by atoms with van der Waals surface area (Å²) in [5, 5.41) is 5.47. The molecule has 2 heterocycles. The van der Waals surface area contributed by atoms with Crippen molar-refractivity contribution >= 4 is 11.8 Å². The van der Waals surface area contributed by atoms with E-state index in [0.29, 0.717) is 12.1 Å². The minimum absolute atomic E-state index is 0.0984. The Morgan fingerprint density at radius 3 is 2.71 bits per heavy atom. The molecule has 0 saturated carbocycles. The summed E-state index contributed by atoms with van der Waals surface area (Å²) >= 11 is 0. The van der Waals surface area contributed by atoms with Gasteiger partial charge in [-0.3, -0.25) is 9.59 Å². The van der Waals surface area contributed by atoms with Gasteiger partial charge < -0.3 is 15.2 Å². The fraction of sp³-hybridized carbons (Fsp3) is 0.150. The maximum absolute atomic E-state index is 13.2. The van der Waals surface area contributed by atoms with Gasteiger partial charge in [-0.15, -0.1) is 0 Å². The van der Waals surface area contributed by atoms with Crippen LogP contribution in [0.4, 0.5) is 8.78 Å². The van der Waals surface area contributed by atoms with E-state index in [0.717, 1.165) is 5.56 Å². The molecule has 2 N–H and O–H groups in total. The molecule has 0 radical (unpaired) electrons. The Morgan fingerprint density at radius 1 is 1.18 bits per heavy atom. The number of nitrogens with zero attached hydrogens (tertiary/aromatic N) is 2. The van der Waals surface area contributed by atoms with E-state index >= 15 is 0 Å². The molecule has 0 fully saturated rings. The molecule has 0 saturated heterocycles. The van der Waals surface area contributed by atoms with Crippen molar-refractivity contribution in [3.8, 4) is 0 Å². The summed E-state index contributed by atoms with van der Waals surface area (Å²) in [6, 6.07) is 11.4. The Bertz CT molecular complexity index is 1050. The van der Waals surface area contributed by atoms with Crippen LogP contribution in [0, 0.1) is 11.6 Å². The quantitative estimate of drug-likeness (QED) is 0.728. The zero-order chi connectivity index (χ0) is 19.7. The summed E-state index contributed by atoms with van der Waals surface area (Å²) in [5.41, 5.74) is 1.47. The number of rotatable bonds is 4. The van der Waals surface area contributed by atoms with Crippen molar-refractivity contribution in [1.82, 2.24) is 20.2 Å². The van der Waals surface area contributed by atoms with Gasteiger partial charge in [0.2, 0.25) is 0 Å². The number of carbonyl (C=O) groups excluding carboxylic acids is 2. The van der Waals surface area contributed by atoms with Crippen molar-refractivity contribution < 1.29 is 18.4 Å². The predicted octanol–water partition coefficient (Wildman–Crippen LogP) is 2.58. The number of hydrogen-bond donors (Lipinski definition) is 2. The highest BCUT2D eigenvalue weighted by molar-refractivity contribution is 5.96. The number of halogens is 2. The van der Waals surface area contributed by atoms with Crippen LogP contribution in [-0.4, -0.2) is 21.4 Å². The van der Waals surface area contributed by atoms with Crippen molar-refractivity contribution in [3.63, 3.8) is 0 Å². The topological polar surface area (TPSA) is 76.0 Å². The van der Waals surface area contributed by atoms with Crippen LogP contribution >= 0.6 is 0 Å². The van der Waals surface area contributed by atoms with E-state index < -0.39 is 11.8 Å². The first-order chi connectivity index (χ1) is 13.5. The van der Waals surface area contributed by atoms with Crippen molar-refractivity contribution in [2.24, 2.45) is 0 Å². The van der Waals surface area contributed by atoms with Crippen molar-refractivity contribution in [2.45, 2.75) is 19.1 Å². The minimum Gasteiger partial charge on any atom is -0.347 e. The first-order valence-corrected chi connectivity index (χ1v) is 8.66. The van der Waals surface area contributed by atoms with Gasteiger partial charge in [-0.05, 0) is 35.4 Å². The molecule has 28 heavy (non-hydrogen) atoms. The number of nitrogens with one attached hydrogen (secondary N) is 2. The van der Waals surface area contributed by atoms with Crippen molar-refractivity contribution in [1.29, 1.82) is 0 Å². The molecule has 142 valence electrons. The Kier molecular flexibility index (Phi) is 4.60. The predicted molar refractivity (Wildman–Crippen MR) is 96.4 cm³/mol. The standard InChI is InChI=1S/C20H16F2N4O2/c21-14-6-4-13(5-7-14)16-10-26-11-17(24-18(26)20(28)25-16)19(27)23-9-12-2-1-3-15(22)8-12/h1-8,11,16H,9-10H2,(H,23,27)(H,25,28). The van der Waals surface area contributed by atoms with Crippen LogP contribution in [0.1, 0.15) is 38.3 Å². The molecule has 1 aliphatic heterocycles. The van der Waals surface area contributed by atoms with E-state index in [1.165, 1.54) is 30.5 Å². The molecule has 1 aliphatic rings. The lowest BCUT2D eigenvalue weighted by Crippen LogP contribution is -2.38. The molecule has 1 aromatic heterocycles. The number of hydrogen-bond acceptors (Lipinski definition) is 3. The van der Waals surface area contributed by atoms with Gasteiger partial charge in [0.1, 0.15) is 17.3 Å². The van der Waals surface area contributed by atoms with Crippen LogP contribution in [0.2, 0.25) is 0 Å². The molecule has 1 unspecified atom stereocenters. The zero-order valence-corrected chi connectivity index (χ0v) is 14.7. The summed E-state index contributed by atoms with van der Waals surface area (Å²) in [4.78, 5) is 28.8. The highest BCUT2D eigenvalue weighted by atomic mass is 19.1. The molecule has 2 amide bonds. The fourth-order valence-corrected chi connectivity index (χ4v) is 3.11. The molecule has 6 nitrogen and oxygen atoms in total. The second kappa shape index (κ2) is 7.22. The maximum Gasteiger partial charge on any atom is 0.287 e. The summed E-state index contributed by atoms with van der Waals surface area (Å²) in [7, 11) is 0. The summed E-state index contributed by atoms with van der Waals surface area (Å²) in [6.45, 7) is 0.514. The van der Waals surface area contributed by atoms with E-state index in [9.17, 15) is 18.4 Å². The lowest BCUT2D eigenvalue weighted by molar-refractivity contribution is 0.0894. The highest BCUT2D eigenvalue weighted by Gasteiger charge is 2.28. The number of carbonyl (C=O) groups is 2. The molecule has 0 spiro atoms. The van der Waals surface area contributed by atoms with Crippen molar-refractivity contribution in [3.05, 3.63) is 89.0 Å². The first kappa shape index (κ1) is 17.8. The molecule has 0 bridgehead atoms. The number of aromatic nitrogens is 2. The molecule has 4 rings (SSSR count). The largest absolute Gasteiger partial charge is 0.347 e. The third-order valence-electron chi connectivity index (χ3n) is 4.51. The third-order valence-corrected chi connectivity index (χ3v) is 4.51. The highest BCUT2D eigenvalue weighted by Crippen LogP contribution is 2.22. The van der Waals surface area contributed by atoms with Crippen molar-refractivity contribution in [2.75, 3.05) is 0 Å². The summed E-state index contributed by atoms with van der Waals surface area (Å²) in [5.74, 6) is -1.48. The maximum atomic E-state index is 13.2. The Hall–Kier alpha value is -3.55. The number of benzene rings is 2. The molecule has 1 atom stereocenters. The summed E-state index contributed by atoms with van der Waals surface area (Å²) in [6.07, 6.45) is 1.51. The van der Waals surface area contributed by atoms with E-state index in [2.05, 4.69) is 15.6 Å². The lowest BCUT2D eigenvalue weighted by Gasteiger charge is -2.25. The van der Waals surface area contributed by atoms with E-state index in [-0.39, 0.29) is 35.7 Å². The van der Waals surface area contributed by atoms with E-state index in [1.54, 1.807) is 28.8 Å². The normalized spacial score (nSPS) is 15.6. The SMILES string of the molecule is O=C(NCc1cccc(F)c1)c1cn2c(n1)C(=O)NC(c1ccc(F)cc1)C2. The Balaban J connectivity index is 1.48. The van der Waals surface area contributed by atoms with Crippen LogP contribution < -0.4 is 10.6 Å². The van der Waals surface area contributed by atoms with Gasteiger partial charge in [-0.25, -0.2) is 13.8 Å². The van der Waals surface area contributed by atoms with Crippen LogP contribution in [0.5, 0.6) is 0 Å². The van der Waals surface area contributed by atoms with Gasteiger partial charge >= 0.3 is 0 Å². The molecular weight excluding hydrogens is 366 g/mol. The van der Waals surface area contributed by atoms with Crippen LogP contribution in [0.25, 0.3) is 0 Å². The van der Waals surface area contributed by atoms with Gasteiger partial charge in [0.25, 0.3) is 11.8 Å². The summed E-state index contributed by atoms with van der Waals surface area (Å²) < 4.78 is 27.9. The second-order valence-corrected chi connectivity index (χ2v) is 6.49. The van der Waals surface area contributed by atoms with Gasteiger partial charge in [-0.1, -0.05) is 24.3 Å². The number of imidazole rings is 1. The second-order valence-electron chi connectivity index (χ2n) is 6.49. The molecular formula is C20H16F2N4O2. The monoisotopic (exact) mass is 382 g/mol. The van der Waals surface area contributed by atoms with Crippen LogP contribution in [0.3, 0.4) is 0 Å². The average molecular weight is 382 g/mol. The molecule has 2 aromatic carbocycles. The zero-order valence-electron chi connectivity index (χ0n) is 14.7. The molecule has 8 heteroatoms. The van der Waals surface area contributed by atoms with Crippen LogP contribution in [0.15, 0.2) is 54.7 Å².